The molecule has 1 aromatic carbocycles. The van der Waals surface area contributed by atoms with Gasteiger partial charge in [0.25, 0.3) is 11.1 Å². The minimum atomic E-state index is -0.747. The second-order valence-electron chi connectivity index (χ2n) is 5.87. The maximum Gasteiger partial charge on any atom is 0.294 e. The number of carbonyl (C=O) groups excluding carboxylic acids is 3. The number of hydrogen-bond donors (Lipinski definition) is 1. The summed E-state index contributed by atoms with van der Waals surface area (Å²) in [4.78, 5) is 36.3. The molecule has 8 heteroatoms. The number of amides is 3. The van der Waals surface area contributed by atoms with Gasteiger partial charge in [-0.3, -0.25) is 19.3 Å². The molecule has 0 aliphatic carbocycles. The standard InChI is InChI=1S/C18H16FN3O3S/c1-10-7-12(11(2)22(10)14-5-3-13(19)4-6-14)8-15-17(24)21(9-16(20)23)18(25)26-15/h3-8H,9H2,1-2H3,(H2,20,23)/b15-8-. The number of thioether (sulfide) groups is 1. The molecular weight excluding hydrogens is 357 g/mol. The Kier molecular flexibility index (Phi) is 4.69. The zero-order chi connectivity index (χ0) is 19.0. The van der Waals surface area contributed by atoms with Gasteiger partial charge in [-0.05, 0) is 67.6 Å². The van der Waals surface area contributed by atoms with Crippen LogP contribution in [-0.4, -0.2) is 33.1 Å². The lowest BCUT2D eigenvalue weighted by Gasteiger charge is -2.09. The molecule has 0 radical (unpaired) electrons. The van der Waals surface area contributed by atoms with Crippen molar-refractivity contribution < 1.29 is 18.8 Å². The van der Waals surface area contributed by atoms with Crippen molar-refractivity contribution in [3.63, 3.8) is 0 Å². The molecule has 134 valence electrons. The van der Waals surface area contributed by atoms with Crippen LogP contribution in [0.2, 0.25) is 0 Å². The van der Waals surface area contributed by atoms with Crippen LogP contribution in [0.3, 0.4) is 0 Å². The summed E-state index contributed by atoms with van der Waals surface area (Å²) >= 11 is 0.772. The van der Waals surface area contributed by atoms with Crippen LogP contribution in [0.25, 0.3) is 11.8 Å². The predicted octanol–water partition coefficient (Wildman–Crippen LogP) is 2.75. The lowest BCUT2D eigenvalue weighted by Crippen LogP contribution is -2.36. The number of carbonyl (C=O) groups is 3. The van der Waals surface area contributed by atoms with Crippen LogP contribution in [0, 0.1) is 19.7 Å². The first-order valence-electron chi connectivity index (χ1n) is 7.76. The highest BCUT2D eigenvalue weighted by molar-refractivity contribution is 8.18. The molecule has 0 saturated carbocycles. The van der Waals surface area contributed by atoms with Crippen molar-refractivity contribution >= 4 is 34.9 Å². The van der Waals surface area contributed by atoms with Gasteiger partial charge in [-0.25, -0.2) is 4.39 Å². The highest BCUT2D eigenvalue weighted by atomic mass is 32.2. The molecule has 0 spiro atoms. The fourth-order valence-electron chi connectivity index (χ4n) is 2.85. The van der Waals surface area contributed by atoms with E-state index in [-0.39, 0.29) is 10.7 Å². The van der Waals surface area contributed by atoms with Crippen LogP contribution < -0.4 is 5.73 Å². The Morgan fingerprint density at radius 1 is 1.23 bits per heavy atom. The molecule has 0 unspecified atom stereocenters. The predicted molar refractivity (Wildman–Crippen MR) is 97.1 cm³/mol. The van der Waals surface area contributed by atoms with Gasteiger partial charge in [-0.2, -0.15) is 0 Å². The van der Waals surface area contributed by atoms with Gasteiger partial charge in [0.1, 0.15) is 12.4 Å². The second kappa shape index (κ2) is 6.80. The molecule has 2 aromatic rings. The van der Waals surface area contributed by atoms with Gasteiger partial charge >= 0.3 is 0 Å². The van der Waals surface area contributed by atoms with E-state index < -0.39 is 23.6 Å². The number of rotatable bonds is 4. The van der Waals surface area contributed by atoms with Crippen molar-refractivity contribution in [1.29, 1.82) is 0 Å². The fourth-order valence-corrected chi connectivity index (χ4v) is 3.68. The number of halogens is 1. The number of nitrogens with zero attached hydrogens (tertiary/aromatic N) is 2. The Labute approximate surface area is 153 Å². The van der Waals surface area contributed by atoms with Crippen molar-refractivity contribution in [1.82, 2.24) is 9.47 Å². The molecule has 1 aliphatic rings. The van der Waals surface area contributed by atoms with Crippen LogP contribution >= 0.6 is 11.8 Å². The molecule has 6 nitrogen and oxygen atoms in total. The third-order valence-corrected chi connectivity index (χ3v) is 4.94. The van der Waals surface area contributed by atoms with Gasteiger partial charge in [0.2, 0.25) is 5.91 Å². The smallest absolute Gasteiger partial charge is 0.294 e. The number of aryl methyl sites for hydroxylation is 1. The average molecular weight is 373 g/mol. The van der Waals surface area contributed by atoms with Crippen LogP contribution in [-0.2, 0) is 9.59 Å². The largest absolute Gasteiger partial charge is 0.368 e. The average Bonchev–Trinajstić information content (AvgIpc) is 2.99. The first-order valence-corrected chi connectivity index (χ1v) is 8.58. The van der Waals surface area contributed by atoms with E-state index in [1.165, 1.54) is 12.1 Å². The number of nitrogens with two attached hydrogens (primary N) is 1. The van der Waals surface area contributed by atoms with Crippen LogP contribution in [0.4, 0.5) is 9.18 Å². The Bertz CT molecular complexity index is 947. The van der Waals surface area contributed by atoms with Gasteiger partial charge < -0.3 is 10.3 Å². The number of imide groups is 1. The maximum atomic E-state index is 13.2. The van der Waals surface area contributed by atoms with Gasteiger partial charge in [-0.1, -0.05) is 0 Å². The molecule has 1 saturated heterocycles. The molecule has 0 bridgehead atoms. The van der Waals surface area contributed by atoms with Crippen molar-refractivity contribution in [3.8, 4) is 5.69 Å². The first-order chi connectivity index (χ1) is 12.3. The summed E-state index contributed by atoms with van der Waals surface area (Å²) in [5, 5.41) is -0.521. The van der Waals surface area contributed by atoms with Gasteiger partial charge in [0.05, 0.1) is 4.91 Å². The Morgan fingerprint density at radius 3 is 2.50 bits per heavy atom. The van der Waals surface area contributed by atoms with E-state index in [0.29, 0.717) is 0 Å². The molecule has 3 amide bonds. The Balaban J connectivity index is 1.96. The summed E-state index contributed by atoms with van der Waals surface area (Å²) in [6.07, 6.45) is 1.62. The van der Waals surface area contributed by atoms with E-state index >= 15 is 0 Å². The summed E-state index contributed by atoms with van der Waals surface area (Å²) in [5.41, 5.74) is 8.37. The normalized spacial score (nSPS) is 16.0. The zero-order valence-electron chi connectivity index (χ0n) is 14.2. The molecule has 1 fully saturated rings. The SMILES string of the molecule is Cc1cc(/C=C2\SC(=O)N(CC(N)=O)C2=O)c(C)n1-c1ccc(F)cc1. The number of aromatic nitrogens is 1. The van der Waals surface area contributed by atoms with Crippen molar-refractivity contribution in [2.45, 2.75) is 13.8 Å². The zero-order valence-corrected chi connectivity index (χ0v) is 15.0. The first kappa shape index (κ1) is 17.9. The number of benzene rings is 1. The molecule has 26 heavy (non-hydrogen) atoms. The molecule has 1 aromatic heterocycles. The molecular formula is C18H16FN3O3S. The number of primary amides is 1. The summed E-state index contributed by atoms with van der Waals surface area (Å²) in [6, 6.07) is 7.96. The fraction of sp³-hybridized carbons (Fsp3) is 0.167. The third-order valence-electron chi connectivity index (χ3n) is 4.03. The minimum Gasteiger partial charge on any atom is -0.368 e. The van der Waals surface area contributed by atoms with Gasteiger partial charge in [-0.15, -0.1) is 0 Å². The van der Waals surface area contributed by atoms with Crippen LogP contribution in [0.5, 0.6) is 0 Å². The maximum absolute atomic E-state index is 13.2. The minimum absolute atomic E-state index is 0.232. The topological polar surface area (TPSA) is 85.4 Å². The van der Waals surface area contributed by atoms with E-state index in [4.69, 9.17) is 5.73 Å². The van der Waals surface area contributed by atoms with Gasteiger partial charge in [0.15, 0.2) is 0 Å². The van der Waals surface area contributed by atoms with E-state index in [1.807, 2.05) is 24.5 Å². The summed E-state index contributed by atoms with van der Waals surface area (Å²) in [5.74, 6) is -1.60. The second-order valence-corrected chi connectivity index (χ2v) is 6.87. The van der Waals surface area contributed by atoms with Crippen molar-refractivity contribution in [3.05, 3.63) is 58.0 Å². The van der Waals surface area contributed by atoms with Gasteiger partial charge in [0, 0.05) is 17.1 Å². The van der Waals surface area contributed by atoms with Crippen molar-refractivity contribution in [2.24, 2.45) is 5.73 Å². The van der Waals surface area contributed by atoms with E-state index in [1.54, 1.807) is 18.2 Å². The third kappa shape index (κ3) is 3.28. The lowest BCUT2D eigenvalue weighted by atomic mass is 10.2. The van der Waals surface area contributed by atoms with E-state index in [9.17, 15) is 18.8 Å². The summed E-state index contributed by atoms with van der Waals surface area (Å²) in [7, 11) is 0. The Hall–Kier alpha value is -2.87. The quantitative estimate of drug-likeness (QED) is 0.835. The molecule has 1 aliphatic heterocycles. The summed E-state index contributed by atoms with van der Waals surface area (Å²) in [6.45, 7) is 3.33. The van der Waals surface area contributed by atoms with E-state index in [2.05, 4.69) is 0 Å². The lowest BCUT2D eigenvalue weighted by molar-refractivity contribution is -0.127. The van der Waals surface area contributed by atoms with E-state index in [0.717, 1.165) is 39.3 Å². The monoisotopic (exact) mass is 373 g/mol. The Morgan fingerprint density at radius 2 is 1.88 bits per heavy atom. The number of hydrogen-bond acceptors (Lipinski definition) is 4. The highest BCUT2D eigenvalue weighted by Gasteiger charge is 2.36. The summed E-state index contributed by atoms with van der Waals surface area (Å²) < 4.78 is 15.1. The molecule has 3 rings (SSSR count). The van der Waals surface area contributed by atoms with Crippen molar-refractivity contribution in [2.75, 3.05) is 6.54 Å². The molecule has 0 atom stereocenters. The highest BCUT2D eigenvalue weighted by Crippen LogP contribution is 2.33. The van der Waals surface area contributed by atoms with Crippen LogP contribution in [0.1, 0.15) is 17.0 Å². The molecule has 2 heterocycles. The van der Waals surface area contributed by atoms with Crippen LogP contribution in [0.15, 0.2) is 35.2 Å². The molecule has 2 N–H and O–H groups in total.